The second-order valence-corrected chi connectivity index (χ2v) is 4.54. The Hall–Kier alpha value is -1.66. The summed E-state index contributed by atoms with van der Waals surface area (Å²) in [5, 5.41) is 2.84. The summed E-state index contributed by atoms with van der Waals surface area (Å²) in [6, 6.07) is 3.34. The summed E-state index contributed by atoms with van der Waals surface area (Å²) >= 11 is 0. The van der Waals surface area contributed by atoms with Crippen LogP contribution in [0.25, 0.3) is 0 Å². The Morgan fingerprint density at radius 1 is 1.68 bits per heavy atom. The highest BCUT2D eigenvalue weighted by Gasteiger charge is 2.29. The molecule has 0 spiro atoms. The first-order valence-corrected chi connectivity index (χ1v) is 6.50. The summed E-state index contributed by atoms with van der Waals surface area (Å²) in [4.78, 5) is 18.3. The number of nitrogen functional groups attached to an aromatic ring is 1. The van der Waals surface area contributed by atoms with Gasteiger partial charge < -0.3 is 15.8 Å². The van der Waals surface area contributed by atoms with Gasteiger partial charge in [-0.1, -0.05) is 0 Å². The van der Waals surface area contributed by atoms with Crippen molar-refractivity contribution in [3.63, 3.8) is 0 Å². The third kappa shape index (κ3) is 3.65. The quantitative estimate of drug-likeness (QED) is 0.800. The van der Waals surface area contributed by atoms with Gasteiger partial charge in [-0.05, 0) is 19.1 Å². The summed E-state index contributed by atoms with van der Waals surface area (Å²) < 4.78 is 5.39. The van der Waals surface area contributed by atoms with Crippen LogP contribution in [0.2, 0.25) is 0 Å². The van der Waals surface area contributed by atoms with Crippen LogP contribution in [0, 0.1) is 0 Å². The molecule has 1 fully saturated rings. The van der Waals surface area contributed by atoms with E-state index < -0.39 is 0 Å². The number of hydrogen-bond donors (Lipinski definition) is 2. The summed E-state index contributed by atoms with van der Waals surface area (Å²) in [6.07, 6.45) is 1.69. The Bertz CT molecular complexity index is 438. The van der Waals surface area contributed by atoms with E-state index in [1.165, 1.54) is 0 Å². The lowest BCUT2D eigenvalue weighted by molar-refractivity contribution is -0.132. The number of hydrogen-bond acceptors (Lipinski definition) is 5. The van der Waals surface area contributed by atoms with Gasteiger partial charge in [0.15, 0.2) is 0 Å². The highest BCUT2D eigenvalue weighted by molar-refractivity contribution is 5.81. The number of nitrogens with zero attached hydrogens (tertiary/aromatic N) is 2. The maximum absolute atomic E-state index is 12.0. The van der Waals surface area contributed by atoms with E-state index in [0.717, 1.165) is 12.2 Å². The van der Waals surface area contributed by atoms with Crippen LogP contribution >= 0.6 is 0 Å². The van der Waals surface area contributed by atoms with E-state index in [0.29, 0.717) is 32.0 Å². The third-order valence-corrected chi connectivity index (χ3v) is 3.10. The molecule has 1 unspecified atom stereocenters. The van der Waals surface area contributed by atoms with E-state index in [2.05, 4.69) is 15.2 Å². The van der Waals surface area contributed by atoms with Gasteiger partial charge in [0, 0.05) is 31.5 Å². The monoisotopic (exact) mass is 264 g/mol. The van der Waals surface area contributed by atoms with E-state index in [9.17, 15) is 4.79 Å². The smallest absolute Gasteiger partial charge is 0.239 e. The molecule has 6 heteroatoms. The van der Waals surface area contributed by atoms with Crippen molar-refractivity contribution in [3.05, 3.63) is 24.0 Å². The molecule has 1 saturated heterocycles. The Labute approximate surface area is 112 Å². The van der Waals surface area contributed by atoms with Crippen LogP contribution in [-0.2, 0) is 16.1 Å². The van der Waals surface area contributed by atoms with Crippen molar-refractivity contribution in [1.82, 2.24) is 15.2 Å². The molecule has 1 aliphatic heterocycles. The minimum absolute atomic E-state index is 0.00565. The molecule has 0 aliphatic carbocycles. The van der Waals surface area contributed by atoms with Crippen molar-refractivity contribution >= 4 is 11.6 Å². The van der Waals surface area contributed by atoms with Crippen molar-refractivity contribution < 1.29 is 9.53 Å². The first-order chi connectivity index (χ1) is 9.20. The second kappa shape index (κ2) is 6.49. The van der Waals surface area contributed by atoms with Gasteiger partial charge >= 0.3 is 0 Å². The molecule has 3 N–H and O–H groups in total. The number of pyridine rings is 1. The standard InChI is InChI=1S/C13H20N4O2/c1-2-15-13(18)12-9-19-6-5-17(12)8-11-7-10(14)3-4-16-11/h3-4,7,12H,2,5-6,8-9H2,1H3,(H2,14,16)(H,15,18). The Morgan fingerprint density at radius 2 is 2.53 bits per heavy atom. The number of rotatable bonds is 4. The molecule has 2 heterocycles. The van der Waals surface area contributed by atoms with Gasteiger partial charge in [-0.25, -0.2) is 0 Å². The summed E-state index contributed by atoms with van der Waals surface area (Å²) in [7, 11) is 0. The van der Waals surface area contributed by atoms with Crippen LogP contribution in [0.15, 0.2) is 18.3 Å². The molecule has 0 aromatic carbocycles. The van der Waals surface area contributed by atoms with E-state index in [1.807, 2.05) is 13.0 Å². The summed E-state index contributed by atoms with van der Waals surface area (Å²) in [6.45, 7) is 4.92. The maximum atomic E-state index is 12.0. The number of anilines is 1. The van der Waals surface area contributed by atoms with E-state index >= 15 is 0 Å². The second-order valence-electron chi connectivity index (χ2n) is 4.54. The van der Waals surface area contributed by atoms with Gasteiger partial charge in [0.25, 0.3) is 0 Å². The topological polar surface area (TPSA) is 80.5 Å². The summed E-state index contributed by atoms with van der Waals surface area (Å²) in [5.74, 6) is 0.00565. The molecule has 19 heavy (non-hydrogen) atoms. The first-order valence-electron chi connectivity index (χ1n) is 6.50. The molecule has 0 bridgehead atoms. The number of carbonyl (C=O) groups excluding carboxylic acids is 1. The van der Waals surface area contributed by atoms with Gasteiger partial charge in [-0.2, -0.15) is 0 Å². The van der Waals surface area contributed by atoms with Gasteiger partial charge in [0.1, 0.15) is 6.04 Å². The van der Waals surface area contributed by atoms with Crippen LogP contribution in [0.1, 0.15) is 12.6 Å². The van der Waals surface area contributed by atoms with Crippen LogP contribution in [0.3, 0.4) is 0 Å². The van der Waals surface area contributed by atoms with Gasteiger partial charge in [0.05, 0.1) is 18.9 Å². The highest BCUT2D eigenvalue weighted by Crippen LogP contribution is 2.13. The SMILES string of the molecule is CCNC(=O)C1COCCN1Cc1cc(N)ccn1. The predicted octanol–water partition coefficient (Wildman–Crippen LogP) is 0.000700. The lowest BCUT2D eigenvalue weighted by Crippen LogP contribution is -2.53. The molecule has 1 atom stereocenters. The first kappa shape index (κ1) is 13.8. The van der Waals surface area contributed by atoms with E-state index in [1.54, 1.807) is 12.3 Å². The zero-order chi connectivity index (χ0) is 13.7. The molecule has 104 valence electrons. The maximum Gasteiger partial charge on any atom is 0.239 e. The lowest BCUT2D eigenvalue weighted by atomic mass is 10.2. The fourth-order valence-corrected chi connectivity index (χ4v) is 2.15. The molecule has 1 aromatic rings. The third-order valence-electron chi connectivity index (χ3n) is 3.10. The van der Waals surface area contributed by atoms with E-state index in [4.69, 9.17) is 10.5 Å². The van der Waals surface area contributed by atoms with E-state index in [-0.39, 0.29) is 11.9 Å². The van der Waals surface area contributed by atoms with Crippen molar-refractivity contribution in [2.24, 2.45) is 0 Å². The molecule has 6 nitrogen and oxygen atoms in total. The number of ether oxygens (including phenoxy) is 1. The fourth-order valence-electron chi connectivity index (χ4n) is 2.15. The van der Waals surface area contributed by atoms with Crippen molar-refractivity contribution in [2.45, 2.75) is 19.5 Å². The molecule has 1 aliphatic rings. The molecular weight excluding hydrogens is 244 g/mol. The average Bonchev–Trinajstić information content (AvgIpc) is 2.39. The number of aromatic nitrogens is 1. The van der Waals surface area contributed by atoms with Crippen LogP contribution in [-0.4, -0.2) is 48.1 Å². The van der Waals surface area contributed by atoms with Gasteiger partial charge in [-0.15, -0.1) is 0 Å². The number of morpholine rings is 1. The molecular formula is C13H20N4O2. The minimum atomic E-state index is -0.253. The van der Waals surface area contributed by atoms with Crippen LogP contribution in [0.4, 0.5) is 5.69 Å². The molecule has 0 radical (unpaired) electrons. The average molecular weight is 264 g/mol. The number of nitrogens with one attached hydrogen (secondary N) is 1. The van der Waals surface area contributed by atoms with Crippen molar-refractivity contribution in [2.75, 3.05) is 32.0 Å². The lowest BCUT2D eigenvalue weighted by Gasteiger charge is -2.34. The van der Waals surface area contributed by atoms with Crippen molar-refractivity contribution in [3.8, 4) is 0 Å². The molecule has 0 saturated carbocycles. The Balaban J connectivity index is 2.05. The van der Waals surface area contributed by atoms with Gasteiger partial charge in [0.2, 0.25) is 5.91 Å². The number of likely N-dealkylation sites (N-methyl/N-ethyl adjacent to an activating group) is 1. The molecule has 2 rings (SSSR count). The molecule has 1 amide bonds. The van der Waals surface area contributed by atoms with Crippen LogP contribution < -0.4 is 11.1 Å². The predicted molar refractivity (Wildman–Crippen MR) is 72.4 cm³/mol. The fraction of sp³-hybridized carbons (Fsp3) is 0.538. The highest BCUT2D eigenvalue weighted by atomic mass is 16.5. The Morgan fingerprint density at radius 3 is 3.26 bits per heavy atom. The van der Waals surface area contributed by atoms with Crippen molar-refractivity contribution in [1.29, 1.82) is 0 Å². The summed E-state index contributed by atoms with van der Waals surface area (Å²) in [5.41, 5.74) is 7.30. The minimum Gasteiger partial charge on any atom is -0.399 e. The number of amides is 1. The normalized spacial score (nSPS) is 20.2. The zero-order valence-corrected chi connectivity index (χ0v) is 11.1. The largest absolute Gasteiger partial charge is 0.399 e. The molecule has 1 aromatic heterocycles. The van der Waals surface area contributed by atoms with Gasteiger partial charge in [-0.3, -0.25) is 14.7 Å². The number of nitrogens with two attached hydrogens (primary N) is 1. The van der Waals surface area contributed by atoms with Crippen LogP contribution in [0.5, 0.6) is 0 Å². The zero-order valence-electron chi connectivity index (χ0n) is 11.1. The number of carbonyl (C=O) groups is 1. The Kier molecular flexibility index (Phi) is 4.70.